The number of hydrogen-bond acceptors (Lipinski definition) is 5. The summed E-state index contributed by atoms with van der Waals surface area (Å²) in [5.74, 6) is -1.86. The Labute approximate surface area is 175 Å². The van der Waals surface area contributed by atoms with E-state index in [1.165, 1.54) is 6.07 Å². The summed E-state index contributed by atoms with van der Waals surface area (Å²) in [5, 5.41) is 7.32. The van der Waals surface area contributed by atoms with Gasteiger partial charge >= 0.3 is 12.0 Å². The molecule has 2 aromatic carbocycles. The van der Waals surface area contributed by atoms with Crippen LogP contribution in [-0.4, -0.2) is 36.0 Å². The Kier molecular flexibility index (Phi) is 7.69. The largest absolute Gasteiger partial charge is 0.452 e. The molecule has 8 heteroatoms. The fourth-order valence-corrected chi connectivity index (χ4v) is 2.49. The normalized spacial score (nSPS) is 10.6. The van der Waals surface area contributed by atoms with Crippen LogP contribution < -0.4 is 16.0 Å². The van der Waals surface area contributed by atoms with E-state index in [1.54, 1.807) is 39.0 Å². The van der Waals surface area contributed by atoms with E-state index in [0.717, 1.165) is 5.56 Å². The molecule has 0 aromatic heterocycles. The van der Waals surface area contributed by atoms with Crippen LogP contribution in [0.5, 0.6) is 0 Å². The molecule has 3 N–H and O–H groups in total. The van der Waals surface area contributed by atoms with Crippen LogP contribution in [0.1, 0.15) is 36.7 Å². The van der Waals surface area contributed by atoms with Crippen molar-refractivity contribution in [1.82, 2.24) is 10.6 Å². The molecule has 0 unspecified atom stereocenters. The Balaban J connectivity index is 1.92. The number of carbonyl (C=O) groups excluding carboxylic acids is 4. The summed E-state index contributed by atoms with van der Waals surface area (Å²) in [4.78, 5) is 48.2. The number of ether oxygens (including phenoxy) is 1. The van der Waals surface area contributed by atoms with Gasteiger partial charge in [0.2, 0.25) is 5.91 Å². The first-order valence-corrected chi connectivity index (χ1v) is 9.36. The molecule has 0 aliphatic heterocycles. The first kappa shape index (κ1) is 22.6. The number of para-hydroxylation sites is 1. The summed E-state index contributed by atoms with van der Waals surface area (Å²) < 4.78 is 4.98. The zero-order chi connectivity index (χ0) is 22.1. The van der Waals surface area contributed by atoms with Crippen molar-refractivity contribution in [3.8, 4) is 0 Å². The van der Waals surface area contributed by atoms with E-state index in [2.05, 4.69) is 16.0 Å². The number of nitrogens with one attached hydrogen (secondary N) is 3. The van der Waals surface area contributed by atoms with Crippen molar-refractivity contribution < 1.29 is 23.9 Å². The number of rotatable bonds is 6. The molecule has 4 amide bonds. The van der Waals surface area contributed by atoms with Crippen LogP contribution in [0.3, 0.4) is 0 Å². The van der Waals surface area contributed by atoms with Gasteiger partial charge in [0.1, 0.15) is 0 Å². The number of amides is 4. The van der Waals surface area contributed by atoms with Crippen LogP contribution in [0.15, 0.2) is 54.6 Å². The van der Waals surface area contributed by atoms with E-state index in [0.29, 0.717) is 0 Å². The standard InChI is InChI=1S/C22H25N3O5/c1-22(2,3)25-21(29)24-19(27)14-30-20(28)16-11-7-8-12-17(16)23-18(26)13-15-9-5-4-6-10-15/h4-12H,13-14H2,1-3H3,(H,23,26)(H2,24,25,27,29). The number of imide groups is 1. The predicted molar refractivity (Wildman–Crippen MR) is 112 cm³/mol. The molecule has 0 saturated carbocycles. The summed E-state index contributed by atoms with van der Waals surface area (Å²) in [6, 6.07) is 14.8. The first-order chi connectivity index (χ1) is 14.1. The average molecular weight is 411 g/mol. The molecule has 0 bridgehead atoms. The SMILES string of the molecule is CC(C)(C)NC(=O)NC(=O)COC(=O)c1ccccc1NC(=O)Cc1ccccc1. The van der Waals surface area contributed by atoms with Crippen molar-refractivity contribution in [3.63, 3.8) is 0 Å². The molecule has 0 fully saturated rings. The fourth-order valence-electron chi connectivity index (χ4n) is 2.49. The maximum atomic E-state index is 12.4. The van der Waals surface area contributed by atoms with Crippen LogP contribution in [0.4, 0.5) is 10.5 Å². The van der Waals surface area contributed by atoms with E-state index in [-0.39, 0.29) is 23.6 Å². The molecule has 2 rings (SSSR count). The molecule has 0 heterocycles. The van der Waals surface area contributed by atoms with Crippen LogP contribution >= 0.6 is 0 Å². The molecular formula is C22H25N3O5. The van der Waals surface area contributed by atoms with Gasteiger partial charge in [0.15, 0.2) is 6.61 Å². The smallest absolute Gasteiger partial charge is 0.340 e. The number of urea groups is 1. The van der Waals surface area contributed by atoms with E-state index in [1.807, 2.05) is 30.3 Å². The lowest BCUT2D eigenvalue weighted by Gasteiger charge is -2.20. The van der Waals surface area contributed by atoms with Gasteiger partial charge in [0, 0.05) is 5.54 Å². The molecule has 158 valence electrons. The lowest BCUT2D eigenvalue weighted by Crippen LogP contribution is -2.49. The number of anilines is 1. The lowest BCUT2D eigenvalue weighted by molar-refractivity contribution is -0.123. The fraction of sp³-hybridized carbons (Fsp3) is 0.273. The number of benzene rings is 2. The van der Waals surface area contributed by atoms with E-state index >= 15 is 0 Å². The Bertz CT molecular complexity index is 920. The second kappa shape index (κ2) is 10.2. The molecule has 8 nitrogen and oxygen atoms in total. The number of esters is 1. The summed E-state index contributed by atoms with van der Waals surface area (Å²) in [6.45, 7) is 4.66. The maximum Gasteiger partial charge on any atom is 0.340 e. The quantitative estimate of drug-likeness (QED) is 0.633. The molecule has 0 spiro atoms. The highest BCUT2D eigenvalue weighted by molar-refractivity contribution is 6.02. The number of carbonyl (C=O) groups is 4. The minimum absolute atomic E-state index is 0.103. The third kappa shape index (κ3) is 7.75. The van der Waals surface area contributed by atoms with E-state index in [4.69, 9.17) is 4.74 Å². The van der Waals surface area contributed by atoms with Crippen LogP contribution in [0, 0.1) is 0 Å². The average Bonchev–Trinajstić information content (AvgIpc) is 2.65. The highest BCUT2D eigenvalue weighted by atomic mass is 16.5. The minimum Gasteiger partial charge on any atom is -0.452 e. The van der Waals surface area contributed by atoms with Gasteiger partial charge in [0.25, 0.3) is 5.91 Å². The lowest BCUT2D eigenvalue weighted by atomic mass is 10.1. The van der Waals surface area contributed by atoms with Gasteiger partial charge in [-0.15, -0.1) is 0 Å². The first-order valence-electron chi connectivity index (χ1n) is 9.36. The minimum atomic E-state index is -0.794. The maximum absolute atomic E-state index is 12.4. The topological polar surface area (TPSA) is 114 Å². The summed E-state index contributed by atoms with van der Waals surface area (Å²) in [7, 11) is 0. The van der Waals surface area contributed by atoms with Gasteiger partial charge in [0.05, 0.1) is 17.7 Å². The molecular weight excluding hydrogens is 386 g/mol. The van der Waals surface area contributed by atoms with Gasteiger partial charge in [-0.05, 0) is 38.5 Å². The van der Waals surface area contributed by atoms with Crippen molar-refractivity contribution >= 4 is 29.5 Å². The number of hydrogen-bond donors (Lipinski definition) is 3. The molecule has 0 radical (unpaired) electrons. The van der Waals surface area contributed by atoms with Gasteiger partial charge in [-0.1, -0.05) is 42.5 Å². The molecule has 2 aromatic rings. The van der Waals surface area contributed by atoms with Crippen molar-refractivity contribution in [2.45, 2.75) is 32.7 Å². The van der Waals surface area contributed by atoms with E-state index < -0.39 is 30.1 Å². The monoisotopic (exact) mass is 411 g/mol. The zero-order valence-electron chi connectivity index (χ0n) is 17.2. The van der Waals surface area contributed by atoms with Crippen molar-refractivity contribution in [2.24, 2.45) is 0 Å². The van der Waals surface area contributed by atoms with Crippen molar-refractivity contribution in [1.29, 1.82) is 0 Å². The Morgan fingerprint density at radius 2 is 1.50 bits per heavy atom. The third-order valence-electron chi connectivity index (χ3n) is 3.70. The van der Waals surface area contributed by atoms with Gasteiger partial charge in [-0.2, -0.15) is 0 Å². The molecule has 0 atom stereocenters. The van der Waals surface area contributed by atoms with Gasteiger partial charge in [-0.25, -0.2) is 9.59 Å². The summed E-state index contributed by atoms with van der Waals surface area (Å²) in [6.07, 6.45) is 0.148. The summed E-state index contributed by atoms with van der Waals surface area (Å²) >= 11 is 0. The van der Waals surface area contributed by atoms with Crippen LogP contribution in [0.2, 0.25) is 0 Å². The highest BCUT2D eigenvalue weighted by Crippen LogP contribution is 2.17. The van der Waals surface area contributed by atoms with E-state index in [9.17, 15) is 19.2 Å². The van der Waals surface area contributed by atoms with Crippen molar-refractivity contribution in [3.05, 3.63) is 65.7 Å². The molecule has 0 saturated heterocycles. The van der Waals surface area contributed by atoms with Gasteiger partial charge < -0.3 is 15.4 Å². The Morgan fingerprint density at radius 3 is 2.17 bits per heavy atom. The van der Waals surface area contributed by atoms with Crippen molar-refractivity contribution in [2.75, 3.05) is 11.9 Å². The molecule has 0 aliphatic carbocycles. The zero-order valence-corrected chi connectivity index (χ0v) is 17.2. The molecule has 0 aliphatic rings. The molecule has 30 heavy (non-hydrogen) atoms. The Hall–Kier alpha value is -3.68. The second-order valence-electron chi connectivity index (χ2n) is 7.58. The second-order valence-corrected chi connectivity index (χ2v) is 7.58. The third-order valence-corrected chi connectivity index (χ3v) is 3.70. The van der Waals surface area contributed by atoms with Crippen LogP contribution in [-0.2, 0) is 20.7 Å². The predicted octanol–water partition coefficient (Wildman–Crippen LogP) is 2.65. The van der Waals surface area contributed by atoms with Crippen LogP contribution in [0.25, 0.3) is 0 Å². The van der Waals surface area contributed by atoms with Gasteiger partial charge in [-0.3, -0.25) is 14.9 Å². The summed E-state index contributed by atoms with van der Waals surface area (Å²) in [5.41, 5.74) is 0.693. The highest BCUT2D eigenvalue weighted by Gasteiger charge is 2.18. The Morgan fingerprint density at radius 1 is 0.867 bits per heavy atom.